The Labute approximate surface area is 103 Å². The van der Waals surface area contributed by atoms with E-state index in [1.165, 1.54) is 18.4 Å². The maximum absolute atomic E-state index is 4.14. The fourth-order valence-electron chi connectivity index (χ4n) is 1.95. The van der Waals surface area contributed by atoms with Gasteiger partial charge in [-0.05, 0) is 31.5 Å². The van der Waals surface area contributed by atoms with Gasteiger partial charge in [-0.1, -0.05) is 6.07 Å². The summed E-state index contributed by atoms with van der Waals surface area (Å²) < 4.78 is 0. The topological polar surface area (TPSA) is 28.2 Å². The second kappa shape index (κ2) is 7.01. The number of hydrazine groups is 1. The Hall–Kier alpha value is -0.350. The minimum atomic E-state index is 0. The molecule has 0 spiro atoms. The lowest BCUT2D eigenvalue weighted by atomic mass is 10.1. The van der Waals surface area contributed by atoms with Crippen LogP contribution in [0.25, 0.3) is 0 Å². The maximum Gasteiger partial charge on any atom is 0.0508 e. The van der Waals surface area contributed by atoms with Crippen molar-refractivity contribution in [1.82, 2.24) is 15.4 Å². The van der Waals surface area contributed by atoms with Gasteiger partial charge in [0.15, 0.2) is 0 Å². The Morgan fingerprint density at radius 2 is 2.27 bits per heavy atom. The van der Waals surface area contributed by atoms with Crippen LogP contribution < -0.4 is 5.43 Å². The van der Waals surface area contributed by atoms with Crippen molar-refractivity contribution in [2.24, 2.45) is 0 Å². The quantitative estimate of drug-likeness (QED) is 0.872. The monoisotopic (exact) mass is 249 g/mol. The molecule has 2 rings (SSSR count). The van der Waals surface area contributed by atoms with Crippen molar-refractivity contribution in [2.45, 2.75) is 18.9 Å². The minimum Gasteiger partial charge on any atom is -0.264 e. The van der Waals surface area contributed by atoms with Gasteiger partial charge in [-0.3, -0.25) is 10.4 Å². The lowest BCUT2D eigenvalue weighted by Gasteiger charge is -2.22. The van der Waals surface area contributed by atoms with Gasteiger partial charge in [0.2, 0.25) is 0 Å². The van der Waals surface area contributed by atoms with Crippen LogP contribution in [0.5, 0.6) is 0 Å². The Kier molecular flexibility index (Phi) is 6.85. The molecule has 1 atom stereocenters. The van der Waals surface area contributed by atoms with E-state index in [-0.39, 0.29) is 24.8 Å². The maximum atomic E-state index is 4.14. The average molecular weight is 250 g/mol. The third kappa shape index (κ3) is 3.31. The molecule has 0 unspecified atom stereocenters. The first-order valence-corrected chi connectivity index (χ1v) is 4.76. The first kappa shape index (κ1) is 14.6. The van der Waals surface area contributed by atoms with Crippen LogP contribution in [0.15, 0.2) is 24.5 Å². The number of aromatic nitrogens is 1. The average Bonchev–Trinajstić information content (AvgIpc) is 2.67. The van der Waals surface area contributed by atoms with E-state index >= 15 is 0 Å². The van der Waals surface area contributed by atoms with Gasteiger partial charge < -0.3 is 0 Å². The molecular formula is C10H17Cl2N3. The van der Waals surface area contributed by atoms with Crippen molar-refractivity contribution < 1.29 is 0 Å². The highest BCUT2D eigenvalue weighted by molar-refractivity contribution is 5.85. The Morgan fingerprint density at radius 1 is 1.47 bits per heavy atom. The third-order valence-corrected chi connectivity index (χ3v) is 2.61. The molecule has 0 amide bonds. The van der Waals surface area contributed by atoms with Crippen molar-refractivity contribution in [1.29, 1.82) is 0 Å². The zero-order valence-electron chi connectivity index (χ0n) is 8.72. The molecule has 0 saturated carbocycles. The normalized spacial score (nSPS) is 20.5. The van der Waals surface area contributed by atoms with Crippen LogP contribution in [0.3, 0.4) is 0 Å². The van der Waals surface area contributed by atoms with E-state index in [1.807, 2.05) is 25.5 Å². The molecular weight excluding hydrogens is 233 g/mol. The number of rotatable bonds is 2. The van der Waals surface area contributed by atoms with Crippen LogP contribution in [0.2, 0.25) is 0 Å². The van der Waals surface area contributed by atoms with Gasteiger partial charge in [0, 0.05) is 18.9 Å². The van der Waals surface area contributed by atoms with Crippen LogP contribution in [-0.4, -0.2) is 23.6 Å². The Bertz CT molecular complexity index is 269. The van der Waals surface area contributed by atoms with Crippen molar-refractivity contribution in [3.63, 3.8) is 0 Å². The summed E-state index contributed by atoms with van der Waals surface area (Å²) in [5.74, 6) is 0. The van der Waals surface area contributed by atoms with Crippen molar-refractivity contribution in [3.05, 3.63) is 30.1 Å². The highest BCUT2D eigenvalue weighted by atomic mass is 35.5. The summed E-state index contributed by atoms with van der Waals surface area (Å²) >= 11 is 0. The molecule has 0 aromatic carbocycles. The van der Waals surface area contributed by atoms with E-state index < -0.39 is 0 Å². The molecule has 1 fully saturated rings. The lowest BCUT2D eigenvalue weighted by molar-refractivity contribution is 0.190. The summed E-state index contributed by atoms with van der Waals surface area (Å²) in [4.78, 5) is 4.14. The molecule has 15 heavy (non-hydrogen) atoms. The first-order chi connectivity index (χ1) is 6.42. The molecule has 0 aliphatic carbocycles. The van der Waals surface area contributed by atoms with E-state index in [0.29, 0.717) is 6.04 Å². The van der Waals surface area contributed by atoms with Crippen molar-refractivity contribution in [2.75, 3.05) is 13.6 Å². The molecule has 1 saturated heterocycles. The van der Waals surface area contributed by atoms with Gasteiger partial charge in [-0.15, -0.1) is 24.8 Å². The summed E-state index contributed by atoms with van der Waals surface area (Å²) in [5, 5.41) is 2.27. The SMILES string of the molecule is CNN1CCC[C@H]1c1cccnc1.Cl.Cl. The Morgan fingerprint density at radius 3 is 2.87 bits per heavy atom. The molecule has 1 aliphatic heterocycles. The minimum absolute atomic E-state index is 0. The van der Waals surface area contributed by atoms with Gasteiger partial charge in [0.25, 0.3) is 0 Å². The first-order valence-electron chi connectivity index (χ1n) is 4.76. The molecule has 86 valence electrons. The summed E-state index contributed by atoms with van der Waals surface area (Å²) in [6.07, 6.45) is 6.27. The smallest absolute Gasteiger partial charge is 0.0508 e. The van der Waals surface area contributed by atoms with E-state index in [4.69, 9.17) is 0 Å². The zero-order chi connectivity index (χ0) is 9.10. The van der Waals surface area contributed by atoms with Crippen LogP contribution in [0.1, 0.15) is 24.4 Å². The number of nitrogens with one attached hydrogen (secondary N) is 1. The third-order valence-electron chi connectivity index (χ3n) is 2.61. The number of halogens is 2. The molecule has 0 bridgehead atoms. The number of nitrogens with zero attached hydrogens (tertiary/aromatic N) is 2. The molecule has 0 radical (unpaired) electrons. The largest absolute Gasteiger partial charge is 0.264 e. The summed E-state index contributed by atoms with van der Waals surface area (Å²) in [7, 11) is 1.98. The van der Waals surface area contributed by atoms with Crippen LogP contribution in [0, 0.1) is 0 Å². The fraction of sp³-hybridized carbons (Fsp3) is 0.500. The van der Waals surface area contributed by atoms with E-state index in [1.54, 1.807) is 0 Å². The summed E-state index contributed by atoms with van der Waals surface area (Å²) in [6, 6.07) is 4.66. The van der Waals surface area contributed by atoms with Gasteiger partial charge >= 0.3 is 0 Å². The second-order valence-corrected chi connectivity index (χ2v) is 3.36. The van der Waals surface area contributed by atoms with Gasteiger partial charge in [-0.2, -0.15) is 0 Å². The number of hydrogen-bond acceptors (Lipinski definition) is 3. The van der Waals surface area contributed by atoms with Crippen LogP contribution in [-0.2, 0) is 0 Å². The van der Waals surface area contributed by atoms with Crippen LogP contribution in [0.4, 0.5) is 0 Å². The van der Waals surface area contributed by atoms with Crippen molar-refractivity contribution >= 4 is 24.8 Å². The number of hydrogen-bond donors (Lipinski definition) is 1. The molecule has 1 aromatic heterocycles. The molecule has 1 aliphatic rings. The predicted octanol–water partition coefficient (Wildman–Crippen LogP) is 2.20. The molecule has 5 heteroatoms. The van der Waals surface area contributed by atoms with E-state index in [2.05, 4.69) is 21.5 Å². The van der Waals surface area contributed by atoms with E-state index in [0.717, 1.165) is 6.54 Å². The van der Waals surface area contributed by atoms with Gasteiger partial charge in [-0.25, -0.2) is 5.01 Å². The highest BCUT2D eigenvalue weighted by Crippen LogP contribution is 2.28. The lowest BCUT2D eigenvalue weighted by Crippen LogP contribution is -2.34. The fourth-order valence-corrected chi connectivity index (χ4v) is 1.95. The van der Waals surface area contributed by atoms with Gasteiger partial charge in [0.1, 0.15) is 0 Å². The second-order valence-electron chi connectivity index (χ2n) is 3.36. The van der Waals surface area contributed by atoms with E-state index in [9.17, 15) is 0 Å². The summed E-state index contributed by atoms with van der Waals surface area (Å²) in [6.45, 7) is 1.13. The highest BCUT2D eigenvalue weighted by Gasteiger charge is 2.24. The Balaban J connectivity index is 0.000000980. The van der Waals surface area contributed by atoms with Crippen molar-refractivity contribution in [3.8, 4) is 0 Å². The molecule has 3 nitrogen and oxygen atoms in total. The predicted molar refractivity (Wildman–Crippen MR) is 66.5 cm³/mol. The zero-order valence-corrected chi connectivity index (χ0v) is 10.4. The van der Waals surface area contributed by atoms with Gasteiger partial charge in [0.05, 0.1) is 6.04 Å². The summed E-state index contributed by atoms with van der Waals surface area (Å²) in [5.41, 5.74) is 4.53. The standard InChI is InChI=1S/C10H15N3.2ClH/c1-11-13-7-3-5-10(13)9-4-2-6-12-8-9;;/h2,4,6,8,10-11H,3,5,7H2,1H3;2*1H/t10-;;/m0../s1. The van der Waals surface area contributed by atoms with Crippen LogP contribution >= 0.6 is 24.8 Å². The molecule has 1 N–H and O–H groups in total. The molecule has 1 aromatic rings. The molecule has 2 heterocycles. The number of pyridine rings is 1.